The number of carbonyl (C=O) groups excluding carboxylic acids is 2. The second-order valence-corrected chi connectivity index (χ2v) is 4.99. The number of benzene rings is 2. The Morgan fingerprint density at radius 1 is 1.12 bits per heavy atom. The smallest absolute Gasteiger partial charge is 0.414 e. The lowest BCUT2D eigenvalue weighted by Gasteiger charge is -2.17. The molecule has 0 aromatic heterocycles. The molecular weight excluding hydrogens is 325 g/mol. The quantitative estimate of drug-likeness (QED) is 0.875. The van der Waals surface area contributed by atoms with Gasteiger partial charge in [0.1, 0.15) is 6.61 Å². The van der Waals surface area contributed by atoms with Crippen molar-refractivity contribution < 1.29 is 27.5 Å². The first-order chi connectivity index (χ1) is 11.5. The van der Waals surface area contributed by atoms with Crippen molar-refractivity contribution in [3.63, 3.8) is 0 Å². The van der Waals surface area contributed by atoms with Crippen molar-refractivity contribution in [2.24, 2.45) is 0 Å². The zero-order valence-electron chi connectivity index (χ0n) is 12.2. The highest BCUT2D eigenvalue weighted by Crippen LogP contribution is 2.28. The van der Waals surface area contributed by atoms with E-state index in [4.69, 9.17) is 4.74 Å². The zero-order chi connectivity index (χ0) is 17.3. The molecule has 1 heterocycles. The van der Waals surface area contributed by atoms with E-state index in [0.29, 0.717) is 24.4 Å². The number of nitrogens with one attached hydrogen (secondary N) is 1. The molecule has 0 saturated carbocycles. The standard InChI is InChI=1S/C16H11F3N2O3/c17-10-7-9(8-11(18)14(10)19)15(22)20-12-3-1-2-4-13(12)21-5-6-24-16(21)23/h1-4,7-8H,5-6H2,(H,20,22). The van der Waals surface area contributed by atoms with Gasteiger partial charge in [-0.3, -0.25) is 9.69 Å². The largest absolute Gasteiger partial charge is 0.447 e. The summed E-state index contributed by atoms with van der Waals surface area (Å²) >= 11 is 0. The molecule has 2 aromatic rings. The number of hydrogen-bond donors (Lipinski definition) is 1. The van der Waals surface area contributed by atoms with Crippen LogP contribution < -0.4 is 10.2 Å². The van der Waals surface area contributed by atoms with E-state index in [9.17, 15) is 22.8 Å². The van der Waals surface area contributed by atoms with Crippen LogP contribution in [0.15, 0.2) is 36.4 Å². The Morgan fingerprint density at radius 2 is 1.79 bits per heavy atom. The summed E-state index contributed by atoms with van der Waals surface area (Å²) in [5, 5.41) is 2.45. The molecule has 1 N–H and O–H groups in total. The SMILES string of the molecule is O=C(Nc1ccccc1N1CCOC1=O)c1cc(F)c(F)c(F)c1. The van der Waals surface area contributed by atoms with Gasteiger partial charge in [0.2, 0.25) is 0 Å². The first kappa shape index (κ1) is 15.9. The molecule has 0 atom stereocenters. The molecule has 1 aliphatic rings. The molecule has 0 radical (unpaired) electrons. The molecular formula is C16H11F3N2O3. The third kappa shape index (κ3) is 2.90. The minimum Gasteiger partial charge on any atom is -0.447 e. The fourth-order valence-electron chi connectivity index (χ4n) is 2.31. The second kappa shape index (κ2) is 6.23. The Balaban J connectivity index is 1.89. The molecule has 3 rings (SSSR count). The molecule has 5 nitrogen and oxygen atoms in total. The Kier molecular flexibility index (Phi) is 4.11. The van der Waals surface area contributed by atoms with Gasteiger partial charge >= 0.3 is 6.09 Å². The number of hydrogen-bond acceptors (Lipinski definition) is 3. The Labute approximate surface area is 134 Å². The van der Waals surface area contributed by atoms with Gasteiger partial charge < -0.3 is 10.1 Å². The molecule has 8 heteroatoms. The van der Waals surface area contributed by atoms with E-state index in [0.717, 1.165) is 0 Å². The van der Waals surface area contributed by atoms with E-state index < -0.39 is 29.5 Å². The van der Waals surface area contributed by atoms with Gasteiger partial charge in [0, 0.05) is 5.56 Å². The molecule has 124 valence electrons. The highest BCUT2D eigenvalue weighted by Gasteiger charge is 2.26. The van der Waals surface area contributed by atoms with E-state index in [1.54, 1.807) is 18.2 Å². The fraction of sp³-hybridized carbons (Fsp3) is 0.125. The van der Waals surface area contributed by atoms with Crippen LogP contribution in [0.1, 0.15) is 10.4 Å². The molecule has 0 bridgehead atoms. The summed E-state index contributed by atoms with van der Waals surface area (Å²) in [6.07, 6.45) is -0.560. The number of halogens is 3. The molecule has 1 aliphatic heterocycles. The van der Waals surface area contributed by atoms with Crippen LogP contribution in [0.2, 0.25) is 0 Å². The van der Waals surface area contributed by atoms with E-state index >= 15 is 0 Å². The average molecular weight is 336 g/mol. The summed E-state index contributed by atoms with van der Waals surface area (Å²) in [7, 11) is 0. The van der Waals surface area contributed by atoms with Gasteiger partial charge in [0.25, 0.3) is 5.91 Å². The summed E-state index contributed by atoms with van der Waals surface area (Å²) in [6.45, 7) is 0.529. The first-order valence-electron chi connectivity index (χ1n) is 6.96. The van der Waals surface area contributed by atoms with Crippen molar-refractivity contribution in [1.29, 1.82) is 0 Å². The van der Waals surface area contributed by atoms with Crippen LogP contribution in [-0.4, -0.2) is 25.2 Å². The number of rotatable bonds is 3. The molecule has 0 spiro atoms. The maximum Gasteiger partial charge on any atom is 0.414 e. The third-order valence-corrected chi connectivity index (χ3v) is 3.45. The van der Waals surface area contributed by atoms with Crippen LogP contribution in [-0.2, 0) is 4.74 Å². The molecule has 2 aromatic carbocycles. The summed E-state index contributed by atoms with van der Waals surface area (Å²) in [6, 6.07) is 7.59. The van der Waals surface area contributed by atoms with Crippen molar-refractivity contribution in [3.05, 3.63) is 59.4 Å². The average Bonchev–Trinajstić information content (AvgIpc) is 2.98. The number of cyclic esters (lactones) is 1. The minimum absolute atomic E-state index is 0.218. The Bertz CT molecular complexity index is 803. The van der Waals surface area contributed by atoms with E-state index in [2.05, 4.69) is 5.32 Å². The van der Waals surface area contributed by atoms with Crippen LogP contribution in [0, 0.1) is 17.5 Å². The highest BCUT2D eigenvalue weighted by molar-refractivity contribution is 6.07. The Hall–Kier alpha value is -3.03. The molecule has 2 amide bonds. The van der Waals surface area contributed by atoms with Crippen molar-refractivity contribution in [3.8, 4) is 0 Å². The van der Waals surface area contributed by atoms with Crippen LogP contribution in [0.4, 0.5) is 29.3 Å². The van der Waals surface area contributed by atoms with Crippen LogP contribution in [0.25, 0.3) is 0 Å². The fourth-order valence-corrected chi connectivity index (χ4v) is 2.31. The van der Waals surface area contributed by atoms with Crippen molar-refractivity contribution >= 4 is 23.4 Å². The Morgan fingerprint density at radius 3 is 2.42 bits per heavy atom. The van der Waals surface area contributed by atoms with Crippen LogP contribution in [0.3, 0.4) is 0 Å². The van der Waals surface area contributed by atoms with Gasteiger partial charge in [0.15, 0.2) is 17.5 Å². The molecule has 1 fully saturated rings. The van der Waals surface area contributed by atoms with E-state index in [-0.39, 0.29) is 17.9 Å². The maximum absolute atomic E-state index is 13.3. The molecule has 0 unspecified atom stereocenters. The lowest BCUT2D eigenvalue weighted by Crippen LogP contribution is -2.25. The normalized spacial score (nSPS) is 13.8. The van der Waals surface area contributed by atoms with Crippen molar-refractivity contribution in [1.82, 2.24) is 0 Å². The predicted octanol–water partition coefficient (Wildman–Crippen LogP) is 3.31. The van der Waals surface area contributed by atoms with Gasteiger partial charge in [0.05, 0.1) is 17.9 Å². The lowest BCUT2D eigenvalue weighted by atomic mass is 10.1. The number of nitrogens with zero attached hydrogens (tertiary/aromatic N) is 1. The van der Waals surface area contributed by atoms with Crippen LogP contribution >= 0.6 is 0 Å². The summed E-state index contributed by atoms with van der Waals surface area (Å²) in [5.41, 5.74) is 0.257. The zero-order valence-corrected chi connectivity index (χ0v) is 12.2. The molecule has 1 saturated heterocycles. The van der Waals surface area contributed by atoms with Crippen molar-refractivity contribution in [2.75, 3.05) is 23.4 Å². The van der Waals surface area contributed by atoms with E-state index in [1.165, 1.54) is 11.0 Å². The summed E-state index contributed by atoms with van der Waals surface area (Å²) in [5.74, 6) is -5.41. The van der Waals surface area contributed by atoms with Crippen LogP contribution in [0.5, 0.6) is 0 Å². The number of ether oxygens (including phenoxy) is 1. The number of para-hydroxylation sites is 2. The van der Waals surface area contributed by atoms with Crippen molar-refractivity contribution in [2.45, 2.75) is 0 Å². The lowest BCUT2D eigenvalue weighted by molar-refractivity contribution is 0.102. The predicted molar refractivity (Wildman–Crippen MR) is 79.4 cm³/mol. The maximum atomic E-state index is 13.3. The van der Waals surface area contributed by atoms with Gasteiger partial charge in [-0.2, -0.15) is 0 Å². The molecule has 24 heavy (non-hydrogen) atoms. The van der Waals surface area contributed by atoms with Gasteiger partial charge in [-0.15, -0.1) is 0 Å². The molecule has 0 aliphatic carbocycles. The minimum atomic E-state index is -1.65. The van der Waals surface area contributed by atoms with Gasteiger partial charge in [-0.1, -0.05) is 12.1 Å². The number of anilines is 2. The highest BCUT2D eigenvalue weighted by atomic mass is 19.2. The first-order valence-corrected chi connectivity index (χ1v) is 6.96. The summed E-state index contributed by atoms with van der Waals surface area (Å²) in [4.78, 5) is 25.2. The monoisotopic (exact) mass is 336 g/mol. The number of carbonyl (C=O) groups is 2. The van der Waals surface area contributed by atoms with Gasteiger partial charge in [-0.05, 0) is 24.3 Å². The summed E-state index contributed by atoms with van der Waals surface area (Å²) < 4.78 is 44.3. The third-order valence-electron chi connectivity index (χ3n) is 3.45. The van der Waals surface area contributed by atoms with Gasteiger partial charge in [-0.25, -0.2) is 18.0 Å². The topological polar surface area (TPSA) is 58.6 Å². The number of amides is 2. The van der Waals surface area contributed by atoms with E-state index in [1.807, 2.05) is 0 Å². The second-order valence-electron chi connectivity index (χ2n) is 4.99.